The highest BCUT2D eigenvalue weighted by molar-refractivity contribution is 7.98. The van der Waals surface area contributed by atoms with E-state index in [1.807, 2.05) is 43.3 Å². The predicted molar refractivity (Wildman–Crippen MR) is 127 cm³/mol. The van der Waals surface area contributed by atoms with Gasteiger partial charge in [0, 0.05) is 31.2 Å². The van der Waals surface area contributed by atoms with Gasteiger partial charge in [-0.05, 0) is 72.5 Å². The summed E-state index contributed by atoms with van der Waals surface area (Å²) in [6.45, 7) is 6.54. The first-order chi connectivity index (χ1) is 14.7. The minimum absolute atomic E-state index is 0.0111. The zero-order valence-electron chi connectivity index (χ0n) is 18.8. The molecule has 0 radical (unpaired) electrons. The van der Waals surface area contributed by atoms with Crippen molar-refractivity contribution >= 4 is 34.5 Å². The van der Waals surface area contributed by atoms with Crippen LogP contribution in [0.15, 0.2) is 51.8 Å². The molecule has 2 aromatic carbocycles. The van der Waals surface area contributed by atoms with Gasteiger partial charge >= 0.3 is 0 Å². The number of carbonyl (C=O) groups is 1. The molecule has 1 amide bonds. The maximum atomic E-state index is 12.8. The van der Waals surface area contributed by atoms with Crippen molar-refractivity contribution in [1.29, 1.82) is 0 Å². The van der Waals surface area contributed by atoms with E-state index in [2.05, 4.69) is 37.6 Å². The van der Waals surface area contributed by atoms with E-state index in [9.17, 15) is 4.79 Å². The zero-order valence-corrected chi connectivity index (χ0v) is 19.6. The van der Waals surface area contributed by atoms with Crippen LogP contribution in [0.2, 0.25) is 0 Å². The number of amides is 1. The fraction of sp³-hybridized carbons (Fsp3) is 0.400. The molecule has 0 bridgehead atoms. The second kappa shape index (κ2) is 8.50. The van der Waals surface area contributed by atoms with E-state index < -0.39 is 0 Å². The van der Waals surface area contributed by atoms with Crippen molar-refractivity contribution in [3.05, 3.63) is 53.8 Å². The van der Waals surface area contributed by atoms with E-state index in [-0.39, 0.29) is 17.4 Å². The van der Waals surface area contributed by atoms with Crippen molar-refractivity contribution in [2.45, 2.75) is 56.4 Å². The van der Waals surface area contributed by atoms with Gasteiger partial charge < -0.3 is 14.1 Å². The van der Waals surface area contributed by atoms with Crippen LogP contribution in [0.5, 0.6) is 5.75 Å². The van der Waals surface area contributed by atoms with E-state index in [1.165, 1.54) is 23.9 Å². The van der Waals surface area contributed by atoms with Gasteiger partial charge in [-0.3, -0.25) is 9.52 Å². The third-order valence-electron chi connectivity index (χ3n) is 5.65. The molecule has 1 fully saturated rings. The third kappa shape index (κ3) is 4.85. The minimum Gasteiger partial charge on any atom is -0.489 e. The smallest absolute Gasteiger partial charge is 0.297 e. The number of furan rings is 1. The number of nitrogens with zero attached hydrogens (tertiary/aromatic N) is 1. The van der Waals surface area contributed by atoms with Crippen LogP contribution >= 0.6 is 11.9 Å². The van der Waals surface area contributed by atoms with Gasteiger partial charge in [0.15, 0.2) is 5.76 Å². The Kier molecular flexibility index (Phi) is 5.93. The Labute approximate surface area is 188 Å². The zero-order chi connectivity index (χ0) is 22.2. The van der Waals surface area contributed by atoms with Crippen LogP contribution in [0, 0.1) is 0 Å². The summed E-state index contributed by atoms with van der Waals surface area (Å²) >= 11 is 1.28. The molecule has 3 aromatic rings. The molecular formula is C25H30N2O3S. The predicted octanol–water partition coefficient (Wildman–Crippen LogP) is 6.16. The number of ether oxygens (including phenoxy) is 1. The number of anilines is 1. The molecule has 1 aliphatic carbocycles. The van der Waals surface area contributed by atoms with Gasteiger partial charge in [-0.15, -0.1) is 0 Å². The number of rotatable bonds is 6. The number of benzene rings is 2. The minimum atomic E-state index is -0.261. The monoisotopic (exact) mass is 438 g/mol. The molecule has 0 unspecified atom stereocenters. The van der Waals surface area contributed by atoms with Crippen LogP contribution in [-0.4, -0.2) is 26.1 Å². The second-order valence-electron chi connectivity index (χ2n) is 9.34. The quantitative estimate of drug-likeness (QED) is 0.467. The summed E-state index contributed by atoms with van der Waals surface area (Å²) in [5, 5.41) is 0.907. The molecule has 0 saturated heterocycles. The fourth-order valence-corrected chi connectivity index (χ4v) is 4.09. The van der Waals surface area contributed by atoms with Crippen molar-refractivity contribution < 1.29 is 13.9 Å². The lowest BCUT2D eigenvalue weighted by Gasteiger charge is -2.28. The van der Waals surface area contributed by atoms with Crippen LogP contribution in [0.25, 0.3) is 11.0 Å². The molecule has 6 heteroatoms. The first-order valence-electron chi connectivity index (χ1n) is 10.7. The van der Waals surface area contributed by atoms with Gasteiger partial charge in [-0.2, -0.15) is 0 Å². The summed E-state index contributed by atoms with van der Waals surface area (Å²) in [6, 6.07) is 13.9. The number of carbonyl (C=O) groups excluding carboxylic acids is 1. The van der Waals surface area contributed by atoms with Crippen molar-refractivity contribution in [3.8, 4) is 5.75 Å². The lowest BCUT2D eigenvalue weighted by atomic mass is 9.87. The second-order valence-corrected chi connectivity index (χ2v) is 10.2. The molecular weight excluding hydrogens is 408 g/mol. The van der Waals surface area contributed by atoms with E-state index in [4.69, 9.17) is 9.15 Å². The van der Waals surface area contributed by atoms with Crippen LogP contribution in [0.4, 0.5) is 5.69 Å². The van der Waals surface area contributed by atoms with Crippen molar-refractivity contribution in [2.75, 3.05) is 19.0 Å². The number of hydrogen-bond donors (Lipinski definition) is 1. The normalized spacial score (nSPS) is 14.4. The molecule has 1 aromatic heterocycles. The Bertz CT molecular complexity index is 1090. The molecule has 1 N–H and O–H groups in total. The molecule has 0 spiro atoms. The molecule has 5 nitrogen and oxygen atoms in total. The van der Waals surface area contributed by atoms with Crippen molar-refractivity contribution in [3.63, 3.8) is 0 Å². The molecule has 0 atom stereocenters. The van der Waals surface area contributed by atoms with Gasteiger partial charge in [0.25, 0.3) is 5.91 Å². The van der Waals surface area contributed by atoms with Crippen LogP contribution in [0.3, 0.4) is 0 Å². The maximum absolute atomic E-state index is 12.8. The first-order valence-corrected chi connectivity index (χ1v) is 11.5. The largest absolute Gasteiger partial charge is 0.489 e. The van der Waals surface area contributed by atoms with Gasteiger partial charge in [-0.1, -0.05) is 26.8 Å². The Morgan fingerprint density at radius 1 is 1.13 bits per heavy atom. The average molecular weight is 439 g/mol. The Hall–Kier alpha value is -2.60. The summed E-state index contributed by atoms with van der Waals surface area (Å²) in [7, 11) is 3.95. The number of nitrogens with one attached hydrogen (secondary N) is 1. The summed E-state index contributed by atoms with van der Waals surface area (Å²) in [4.78, 5) is 15.7. The SMILES string of the molecule is CN(C)c1ccc2cc(C(=O)NSc3cc(C(C)(C)C)ccc3OC3CCC3)oc2c1. The molecule has 1 heterocycles. The van der Waals surface area contributed by atoms with Gasteiger partial charge in [0.2, 0.25) is 0 Å². The summed E-state index contributed by atoms with van der Waals surface area (Å²) in [6.07, 6.45) is 3.67. The first kappa shape index (κ1) is 21.6. The van der Waals surface area contributed by atoms with Crippen LogP contribution < -0.4 is 14.4 Å². The lowest BCUT2D eigenvalue weighted by Crippen LogP contribution is -2.25. The van der Waals surface area contributed by atoms with Crippen LogP contribution in [0.1, 0.15) is 56.2 Å². The van der Waals surface area contributed by atoms with E-state index in [0.717, 1.165) is 34.6 Å². The lowest BCUT2D eigenvalue weighted by molar-refractivity contribution is 0.0959. The molecule has 4 rings (SSSR count). The molecule has 31 heavy (non-hydrogen) atoms. The average Bonchev–Trinajstić information content (AvgIpc) is 3.12. The van der Waals surface area contributed by atoms with Crippen LogP contribution in [-0.2, 0) is 5.41 Å². The molecule has 1 aliphatic rings. The maximum Gasteiger partial charge on any atom is 0.297 e. The Morgan fingerprint density at radius 2 is 1.90 bits per heavy atom. The third-order valence-corrected chi connectivity index (χ3v) is 6.48. The fourth-order valence-electron chi connectivity index (χ4n) is 3.38. The molecule has 1 saturated carbocycles. The highest BCUT2D eigenvalue weighted by Gasteiger charge is 2.23. The number of hydrogen-bond acceptors (Lipinski definition) is 5. The summed E-state index contributed by atoms with van der Waals surface area (Å²) in [5.41, 5.74) is 2.94. The summed E-state index contributed by atoms with van der Waals surface area (Å²) in [5.74, 6) is 0.860. The standard InChI is InChI=1S/C25H30N2O3S/c1-25(2,3)17-10-12-20(29-19-7-6-8-19)23(14-17)31-26-24(28)22-13-16-9-11-18(27(4)5)15-21(16)30-22/h9-15,19H,6-8H2,1-5H3,(H,26,28). The van der Waals surface area contributed by atoms with E-state index in [1.54, 1.807) is 6.07 Å². The number of fused-ring (bicyclic) bond motifs is 1. The van der Waals surface area contributed by atoms with E-state index in [0.29, 0.717) is 11.3 Å². The van der Waals surface area contributed by atoms with Crippen molar-refractivity contribution in [2.24, 2.45) is 0 Å². The summed E-state index contributed by atoms with van der Waals surface area (Å²) < 4.78 is 14.9. The van der Waals surface area contributed by atoms with E-state index >= 15 is 0 Å². The highest BCUT2D eigenvalue weighted by atomic mass is 32.2. The van der Waals surface area contributed by atoms with Gasteiger partial charge in [0.1, 0.15) is 11.3 Å². The Morgan fingerprint density at radius 3 is 2.55 bits per heavy atom. The van der Waals surface area contributed by atoms with Gasteiger partial charge in [0.05, 0.1) is 11.0 Å². The van der Waals surface area contributed by atoms with Crippen molar-refractivity contribution in [1.82, 2.24) is 4.72 Å². The topological polar surface area (TPSA) is 54.7 Å². The molecule has 0 aliphatic heterocycles. The Balaban J connectivity index is 1.53. The molecule has 164 valence electrons. The van der Waals surface area contributed by atoms with Gasteiger partial charge in [-0.25, -0.2) is 0 Å². The highest BCUT2D eigenvalue weighted by Crippen LogP contribution is 2.36.